The molecule has 0 bridgehead atoms. The van der Waals surface area contributed by atoms with Crippen molar-refractivity contribution in [2.24, 2.45) is 12.0 Å². The number of guanidine groups is 1. The largest absolute Gasteiger partial charge is 0.385 e. The van der Waals surface area contributed by atoms with Crippen LogP contribution in [-0.4, -0.2) is 60.3 Å². The lowest BCUT2D eigenvalue weighted by molar-refractivity contribution is -0.0390. The molecule has 0 atom stereocenters. The number of aryl methyl sites for hydroxylation is 1. The lowest BCUT2D eigenvalue weighted by atomic mass is 10.1. The standard InChI is InChI=1S/C23H36N6O3.HI/c1-18-27-28-22(29(18)2)16-26-23(24-11-4-12-30-3)25-15-19-5-7-20(8-6-19)17-32-21-9-13-31-14-10-21;/h5-8,21H,4,9-17H2,1-3H3,(H2,24,25,26);1H. The molecule has 2 aromatic rings. The molecule has 10 heteroatoms. The number of methoxy groups -OCH3 is 1. The van der Waals surface area contributed by atoms with Crippen LogP contribution in [0.2, 0.25) is 0 Å². The highest BCUT2D eigenvalue weighted by Gasteiger charge is 2.14. The van der Waals surface area contributed by atoms with E-state index < -0.39 is 0 Å². The lowest BCUT2D eigenvalue weighted by Gasteiger charge is -2.22. The molecular formula is C23H37IN6O3. The van der Waals surface area contributed by atoms with Crippen LogP contribution in [0.3, 0.4) is 0 Å². The minimum absolute atomic E-state index is 0. The van der Waals surface area contributed by atoms with E-state index in [1.807, 2.05) is 18.5 Å². The number of hydrogen-bond acceptors (Lipinski definition) is 6. The molecule has 9 nitrogen and oxygen atoms in total. The molecule has 184 valence electrons. The van der Waals surface area contributed by atoms with Gasteiger partial charge in [-0.2, -0.15) is 0 Å². The molecule has 1 aromatic carbocycles. The van der Waals surface area contributed by atoms with Crippen molar-refractivity contribution in [3.63, 3.8) is 0 Å². The van der Waals surface area contributed by atoms with Crippen molar-refractivity contribution in [3.05, 3.63) is 47.0 Å². The Bertz CT molecular complexity index is 837. The molecule has 0 spiro atoms. The Kier molecular flexibility index (Phi) is 12.7. The van der Waals surface area contributed by atoms with Crippen LogP contribution in [0, 0.1) is 6.92 Å². The maximum atomic E-state index is 6.01. The molecule has 0 unspecified atom stereocenters. The first-order valence-electron chi connectivity index (χ1n) is 11.3. The molecule has 3 rings (SSSR count). The van der Waals surface area contributed by atoms with E-state index in [-0.39, 0.29) is 24.0 Å². The third-order valence-electron chi connectivity index (χ3n) is 5.51. The maximum absolute atomic E-state index is 6.01. The van der Waals surface area contributed by atoms with Gasteiger partial charge < -0.3 is 29.4 Å². The van der Waals surface area contributed by atoms with E-state index in [1.54, 1.807) is 7.11 Å². The van der Waals surface area contributed by atoms with Crippen molar-refractivity contribution < 1.29 is 14.2 Å². The highest BCUT2D eigenvalue weighted by molar-refractivity contribution is 14.0. The number of rotatable bonds is 11. The predicted octanol–water partition coefficient (Wildman–Crippen LogP) is 2.71. The van der Waals surface area contributed by atoms with Crippen LogP contribution < -0.4 is 10.6 Å². The van der Waals surface area contributed by atoms with Crippen molar-refractivity contribution in [1.29, 1.82) is 0 Å². The van der Waals surface area contributed by atoms with Gasteiger partial charge in [-0.05, 0) is 37.3 Å². The van der Waals surface area contributed by atoms with Crippen LogP contribution in [-0.2, 0) is 41.0 Å². The second-order valence-corrected chi connectivity index (χ2v) is 7.95. The van der Waals surface area contributed by atoms with E-state index in [1.165, 1.54) is 5.56 Å². The molecule has 0 amide bonds. The van der Waals surface area contributed by atoms with Crippen molar-refractivity contribution in [2.75, 3.05) is 33.5 Å². The van der Waals surface area contributed by atoms with Crippen molar-refractivity contribution in [1.82, 2.24) is 25.4 Å². The second-order valence-electron chi connectivity index (χ2n) is 7.95. The van der Waals surface area contributed by atoms with Gasteiger partial charge in [0, 0.05) is 40.5 Å². The number of aliphatic imine (C=N–C) groups is 1. The molecule has 1 aromatic heterocycles. The predicted molar refractivity (Wildman–Crippen MR) is 139 cm³/mol. The lowest BCUT2D eigenvalue weighted by Crippen LogP contribution is -2.38. The number of hydrogen-bond donors (Lipinski definition) is 2. The molecule has 0 aliphatic carbocycles. The van der Waals surface area contributed by atoms with Crippen LogP contribution >= 0.6 is 24.0 Å². The molecular weight excluding hydrogens is 535 g/mol. The van der Waals surface area contributed by atoms with E-state index in [4.69, 9.17) is 19.2 Å². The van der Waals surface area contributed by atoms with E-state index in [0.29, 0.717) is 32.4 Å². The van der Waals surface area contributed by atoms with Crippen molar-refractivity contribution in [2.45, 2.75) is 52.0 Å². The molecule has 1 saturated heterocycles. The summed E-state index contributed by atoms with van der Waals surface area (Å²) in [4.78, 5) is 4.74. The van der Waals surface area contributed by atoms with E-state index in [2.05, 4.69) is 45.1 Å². The zero-order valence-electron chi connectivity index (χ0n) is 19.9. The van der Waals surface area contributed by atoms with Crippen molar-refractivity contribution >= 4 is 29.9 Å². The zero-order valence-corrected chi connectivity index (χ0v) is 22.2. The molecule has 0 radical (unpaired) electrons. The number of benzene rings is 1. The minimum Gasteiger partial charge on any atom is -0.385 e. The van der Waals surface area contributed by atoms with Gasteiger partial charge in [-0.15, -0.1) is 34.2 Å². The fourth-order valence-corrected chi connectivity index (χ4v) is 3.33. The summed E-state index contributed by atoms with van der Waals surface area (Å²) in [6.07, 6.45) is 3.17. The van der Waals surface area contributed by atoms with Crippen LogP contribution in [0.15, 0.2) is 29.3 Å². The number of aromatic nitrogens is 3. The van der Waals surface area contributed by atoms with E-state index in [9.17, 15) is 0 Å². The third-order valence-corrected chi connectivity index (χ3v) is 5.51. The second kappa shape index (κ2) is 15.2. The smallest absolute Gasteiger partial charge is 0.191 e. The maximum Gasteiger partial charge on any atom is 0.191 e. The Morgan fingerprint density at radius 3 is 2.55 bits per heavy atom. The van der Waals surface area contributed by atoms with E-state index in [0.717, 1.165) is 62.2 Å². The molecule has 0 saturated carbocycles. The number of nitrogens with one attached hydrogen (secondary N) is 2. The summed E-state index contributed by atoms with van der Waals surface area (Å²) in [5.41, 5.74) is 2.32. The molecule has 1 fully saturated rings. The van der Waals surface area contributed by atoms with Gasteiger partial charge in [-0.25, -0.2) is 4.99 Å². The van der Waals surface area contributed by atoms with Gasteiger partial charge >= 0.3 is 0 Å². The summed E-state index contributed by atoms with van der Waals surface area (Å²) in [6.45, 7) is 6.79. The summed E-state index contributed by atoms with van der Waals surface area (Å²) < 4.78 is 18.5. The van der Waals surface area contributed by atoms with Crippen LogP contribution in [0.25, 0.3) is 0 Å². The topological polar surface area (TPSA) is 94.8 Å². The first kappa shape index (κ1) is 27.5. The summed E-state index contributed by atoms with van der Waals surface area (Å²) in [5, 5.41) is 15.0. The normalized spacial score (nSPS) is 14.7. The Morgan fingerprint density at radius 1 is 1.15 bits per heavy atom. The summed E-state index contributed by atoms with van der Waals surface area (Å²) in [7, 11) is 3.67. The van der Waals surface area contributed by atoms with Crippen LogP contribution in [0.1, 0.15) is 42.0 Å². The van der Waals surface area contributed by atoms with Gasteiger partial charge in [0.15, 0.2) is 11.8 Å². The Balaban J connectivity index is 0.00000385. The summed E-state index contributed by atoms with van der Waals surface area (Å²) in [6, 6.07) is 8.46. The van der Waals surface area contributed by atoms with Gasteiger partial charge in [0.05, 0.1) is 25.8 Å². The SMILES string of the molecule is COCCCNC(=NCc1ccc(COC2CCOCC2)cc1)NCc1nnc(C)n1C.I. The highest BCUT2D eigenvalue weighted by Crippen LogP contribution is 2.14. The van der Waals surface area contributed by atoms with Crippen molar-refractivity contribution in [3.8, 4) is 0 Å². The fourth-order valence-electron chi connectivity index (χ4n) is 3.33. The summed E-state index contributed by atoms with van der Waals surface area (Å²) in [5.74, 6) is 2.49. The van der Waals surface area contributed by atoms with Crippen LogP contribution in [0.5, 0.6) is 0 Å². The molecule has 1 aliphatic rings. The minimum atomic E-state index is 0. The van der Waals surface area contributed by atoms with Gasteiger partial charge in [0.2, 0.25) is 0 Å². The average Bonchev–Trinajstić information content (AvgIpc) is 3.15. The Morgan fingerprint density at radius 2 is 1.88 bits per heavy atom. The summed E-state index contributed by atoms with van der Waals surface area (Å²) >= 11 is 0. The van der Waals surface area contributed by atoms with Gasteiger partial charge in [-0.1, -0.05) is 24.3 Å². The number of nitrogens with zero attached hydrogens (tertiary/aromatic N) is 4. The average molecular weight is 572 g/mol. The third kappa shape index (κ3) is 9.55. The highest BCUT2D eigenvalue weighted by atomic mass is 127. The Labute approximate surface area is 213 Å². The molecule has 33 heavy (non-hydrogen) atoms. The quantitative estimate of drug-likeness (QED) is 0.185. The molecule has 1 aliphatic heterocycles. The molecule has 2 heterocycles. The number of ether oxygens (including phenoxy) is 3. The first-order chi connectivity index (χ1) is 15.7. The van der Waals surface area contributed by atoms with Gasteiger partial charge in [-0.3, -0.25) is 0 Å². The monoisotopic (exact) mass is 572 g/mol. The van der Waals surface area contributed by atoms with Gasteiger partial charge in [0.1, 0.15) is 5.82 Å². The van der Waals surface area contributed by atoms with E-state index >= 15 is 0 Å². The number of halogens is 1. The Hall–Kier alpha value is -1.76. The first-order valence-corrected chi connectivity index (χ1v) is 11.3. The van der Waals surface area contributed by atoms with Crippen LogP contribution in [0.4, 0.5) is 0 Å². The van der Waals surface area contributed by atoms with Gasteiger partial charge in [0.25, 0.3) is 0 Å². The fraction of sp³-hybridized carbons (Fsp3) is 0.609. The molecule has 2 N–H and O–H groups in total. The zero-order chi connectivity index (χ0) is 22.6.